The number of rotatable bonds is 6. The van der Waals surface area contributed by atoms with Crippen molar-refractivity contribution in [2.45, 2.75) is 57.8 Å². The summed E-state index contributed by atoms with van der Waals surface area (Å²) >= 11 is 1.39. The lowest BCUT2D eigenvalue weighted by molar-refractivity contribution is -0.131. The highest BCUT2D eigenvalue weighted by molar-refractivity contribution is 7.99. The molecule has 1 unspecified atom stereocenters. The van der Waals surface area contributed by atoms with Crippen molar-refractivity contribution in [1.82, 2.24) is 19.7 Å². The van der Waals surface area contributed by atoms with E-state index in [4.69, 9.17) is 0 Å². The highest BCUT2D eigenvalue weighted by Crippen LogP contribution is 2.27. The van der Waals surface area contributed by atoms with Gasteiger partial charge in [-0.05, 0) is 44.2 Å². The number of carbonyl (C=O) groups is 1. The van der Waals surface area contributed by atoms with Gasteiger partial charge in [-0.1, -0.05) is 37.7 Å². The van der Waals surface area contributed by atoms with Crippen LogP contribution in [0, 0.1) is 11.7 Å². The van der Waals surface area contributed by atoms with E-state index in [-0.39, 0.29) is 11.7 Å². The summed E-state index contributed by atoms with van der Waals surface area (Å²) in [6.07, 6.45) is 3.33. The van der Waals surface area contributed by atoms with Crippen LogP contribution < -0.4 is 0 Å². The number of aromatic nitrogens is 3. The first-order valence-electron chi connectivity index (χ1n) is 9.57. The first kappa shape index (κ1) is 19.9. The molecule has 2 aromatic rings. The fraction of sp³-hybridized carbons (Fsp3) is 0.550. The number of nitrogens with zero attached hydrogens (tertiary/aromatic N) is 4. The van der Waals surface area contributed by atoms with Crippen LogP contribution in [0.4, 0.5) is 4.39 Å². The number of thioether (sulfide) groups is 1. The number of amides is 1. The van der Waals surface area contributed by atoms with Crippen molar-refractivity contribution in [1.29, 1.82) is 0 Å². The van der Waals surface area contributed by atoms with Gasteiger partial charge in [-0.2, -0.15) is 0 Å². The summed E-state index contributed by atoms with van der Waals surface area (Å²) in [4.78, 5) is 14.6. The molecule has 2 heterocycles. The number of likely N-dealkylation sites (tertiary alicyclic amines) is 1. The predicted octanol–water partition coefficient (Wildman–Crippen LogP) is 4.23. The van der Waals surface area contributed by atoms with Crippen LogP contribution in [-0.2, 0) is 11.3 Å². The lowest BCUT2D eigenvalue weighted by Crippen LogP contribution is -2.43. The zero-order chi connectivity index (χ0) is 19.4. The summed E-state index contributed by atoms with van der Waals surface area (Å²) in [7, 11) is 0. The molecule has 1 aromatic heterocycles. The van der Waals surface area contributed by atoms with E-state index in [1.165, 1.54) is 24.2 Å². The zero-order valence-electron chi connectivity index (χ0n) is 16.2. The SMILES string of the molecule is CC(C)Cn1c(SCC(=O)N2CCCCC2C)nnc1-c1ccccc1F. The van der Waals surface area contributed by atoms with Crippen molar-refractivity contribution in [3.8, 4) is 11.4 Å². The molecule has 1 aliphatic rings. The van der Waals surface area contributed by atoms with Crippen molar-refractivity contribution in [3.63, 3.8) is 0 Å². The van der Waals surface area contributed by atoms with Gasteiger partial charge in [-0.3, -0.25) is 4.79 Å². The highest BCUT2D eigenvalue weighted by Gasteiger charge is 2.24. The Balaban J connectivity index is 1.79. The zero-order valence-corrected chi connectivity index (χ0v) is 17.0. The molecule has 0 spiro atoms. The van der Waals surface area contributed by atoms with Gasteiger partial charge < -0.3 is 9.47 Å². The van der Waals surface area contributed by atoms with E-state index < -0.39 is 0 Å². The van der Waals surface area contributed by atoms with Crippen LogP contribution in [0.1, 0.15) is 40.0 Å². The molecule has 1 fully saturated rings. The molecule has 146 valence electrons. The maximum Gasteiger partial charge on any atom is 0.233 e. The summed E-state index contributed by atoms with van der Waals surface area (Å²) in [5.41, 5.74) is 0.438. The van der Waals surface area contributed by atoms with Crippen LogP contribution in [0.25, 0.3) is 11.4 Å². The lowest BCUT2D eigenvalue weighted by Gasteiger charge is -2.33. The van der Waals surface area contributed by atoms with Crippen molar-refractivity contribution < 1.29 is 9.18 Å². The molecular formula is C20H27FN4OS. The van der Waals surface area contributed by atoms with Crippen LogP contribution in [0.15, 0.2) is 29.4 Å². The van der Waals surface area contributed by atoms with Crippen LogP contribution in [0.3, 0.4) is 0 Å². The standard InChI is InChI=1S/C20H27FN4OS/c1-14(2)12-25-19(16-9-4-5-10-17(16)21)22-23-20(25)27-13-18(26)24-11-7-6-8-15(24)3/h4-5,9-10,14-15H,6-8,11-13H2,1-3H3. The predicted molar refractivity (Wildman–Crippen MR) is 106 cm³/mol. The van der Waals surface area contributed by atoms with E-state index in [1.54, 1.807) is 18.2 Å². The van der Waals surface area contributed by atoms with Gasteiger partial charge in [-0.25, -0.2) is 4.39 Å². The van der Waals surface area contributed by atoms with E-state index in [0.717, 1.165) is 19.4 Å². The normalized spacial score (nSPS) is 17.5. The van der Waals surface area contributed by atoms with Gasteiger partial charge in [0.25, 0.3) is 0 Å². The molecule has 1 aliphatic heterocycles. The smallest absolute Gasteiger partial charge is 0.233 e. The maximum atomic E-state index is 14.3. The minimum Gasteiger partial charge on any atom is -0.339 e. The van der Waals surface area contributed by atoms with Gasteiger partial charge >= 0.3 is 0 Å². The molecule has 0 N–H and O–H groups in total. The number of hydrogen-bond donors (Lipinski definition) is 0. The van der Waals surface area contributed by atoms with Gasteiger partial charge in [0, 0.05) is 19.1 Å². The fourth-order valence-electron chi connectivity index (χ4n) is 3.44. The highest BCUT2D eigenvalue weighted by atomic mass is 32.2. The average Bonchev–Trinajstić information content (AvgIpc) is 3.02. The number of halogens is 1. The van der Waals surface area contributed by atoms with Crippen LogP contribution >= 0.6 is 11.8 Å². The van der Waals surface area contributed by atoms with E-state index in [2.05, 4.69) is 31.0 Å². The molecule has 0 aliphatic carbocycles. The van der Waals surface area contributed by atoms with Gasteiger partial charge in [0.05, 0.1) is 11.3 Å². The van der Waals surface area contributed by atoms with Gasteiger partial charge in [0.2, 0.25) is 5.91 Å². The van der Waals surface area contributed by atoms with Crippen LogP contribution in [0.2, 0.25) is 0 Å². The molecule has 0 radical (unpaired) electrons. The lowest BCUT2D eigenvalue weighted by atomic mass is 10.0. The average molecular weight is 391 g/mol. The van der Waals surface area contributed by atoms with Crippen LogP contribution in [-0.4, -0.2) is 43.9 Å². The van der Waals surface area contributed by atoms with E-state index >= 15 is 0 Å². The molecule has 1 aromatic carbocycles. The number of piperidine rings is 1. The first-order valence-corrected chi connectivity index (χ1v) is 10.6. The Morgan fingerprint density at radius 2 is 2.07 bits per heavy atom. The second-order valence-corrected chi connectivity index (χ2v) is 8.45. The third-order valence-corrected chi connectivity index (χ3v) is 5.78. The molecule has 1 saturated heterocycles. The Morgan fingerprint density at radius 3 is 2.78 bits per heavy atom. The van der Waals surface area contributed by atoms with Crippen LogP contribution in [0.5, 0.6) is 0 Å². The Hall–Kier alpha value is -1.89. The second-order valence-electron chi connectivity index (χ2n) is 7.51. The molecule has 7 heteroatoms. The summed E-state index contributed by atoms with van der Waals surface area (Å²) in [5.74, 6) is 1.02. The van der Waals surface area contributed by atoms with E-state index in [9.17, 15) is 9.18 Å². The Labute approximate surface area is 164 Å². The van der Waals surface area contributed by atoms with Gasteiger partial charge in [-0.15, -0.1) is 10.2 Å². The maximum absolute atomic E-state index is 14.3. The molecule has 0 bridgehead atoms. The third-order valence-electron chi connectivity index (χ3n) is 4.83. The molecule has 5 nitrogen and oxygen atoms in total. The van der Waals surface area contributed by atoms with Gasteiger partial charge in [0.1, 0.15) is 5.82 Å². The summed E-state index contributed by atoms with van der Waals surface area (Å²) in [6.45, 7) is 7.81. The Morgan fingerprint density at radius 1 is 1.30 bits per heavy atom. The minimum absolute atomic E-state index is 0.138. The molecule has 0 saturated carbocycles. The Bertz CT molecular complexity index is 792. The molecule has 3 rings (SSSR count). The quantitative estimate of drug-likeness (QED) is 0.693. The van der Waals surface area contributed by atoms with Crippen molar-refractivity contribution in [2.24, 2.45) is 5.92 Å². The van der Waals surface area contributed by atoms with E-state index in [0.29, 0.717) is 40.8 Å². The summed E-state index contributed by atoms with van der Waals surface area (Å²) in [5, 5.41) is 9.16. The summed E-state index contributed by atoms with van der Waals surface area (Å²) < 4.78 is 16.2. The number of benzene rings is 1. The molecule has 1 amide bonds. The van der Waals surface area contributed by atoms with Crippen molar-refractivity contribution >= 4 is 17.7 Å². The molecule has 1 atom stereocenters. The second kappa shape index (κ2) is 8.87. The number of carbonyl (C=O) groups excluding carboxylic acids is 1. The van der Waals surface area contributed by atoms with Crippen molar-refractivity contribution in [2.75, 3.05) is 12.3 Å². The van der Waals surface area contributed by atoms with Gasteiger partial charge in [0.15, 0.2) is 11.0 Å². The first-order chi connectivity index (χ1) is 13.0. The number of hydrogen-bond acceptors (Lipinski definition) is 4. The summed E-state index contributed by atoms with van der Waals surface area (Å²) in [6, 6.07) is 6.90. The van der Waals surface area contributed by atoms with Crippen molar-refractivity contribution in [3.05, 3.63) is 30.1 Å². The monoisotopic (exact) mass is 390 g/mol. The fourth-order valence-corrected chi connectivity index (χ4v) is 4.28. The van der Waals surface area contributed by atoms with E-state index in [1.807, 2.05) is 9.47 Å². The Kier molecular flexibility index (Phi) is 6.52. The molecule has 27 heavy (non-hydrogen) atoms. The minimum atomic E-state index is -0.315. The third kappa shape index (κ3) is 4.69. The topological polar surface area (TPSA) is 51.0 Å². The molecular weight excluding hydrogens is 363 g/mol. The largest absolute Gasteiger partial charge is 0.339 e.